The van der Waals surface area contributed by atoms with E-state index >= 15 is 0 Å². The molecule has 2 aliphatic rings. The second-order valence-corrected chi connectivity index (χ2v) is 7.27. The molecule has 2 fully saturated rings. The van der Waals surface area contributed by atoms with Crippen molar-refractivity contribution in [1.29, 1.82) is 0 Å². The Labute approximate surface area is 146 Å². The molecule has 24 heavy (non-hydrogen) atoms. The molecule has 0 saturated carbocycles. The predicted octanol–water partition coefficient (Wildman–Crippen LogP) is 2.55. The van der Waals surface area contributed by atoms with Crippen LogP contribution in [0.2, 0.25) is 0 Å². The molecule has 1 atom stereocenters. The summed E-state index contributed by atoms with van der Waals surface area (Å²) in [5.74, 6) is 0. The van der Waals surface area contributed by atoms with Crippen LogP contribution in [0.15, 0.2) is 36.5 Å². The van der Waals surface area contributed by atoms with Gasteiger partial charge in [-0.2, -0.15) is 0 Å². The van der Waals surface area contributed by atoms with E-state index in [1.165, 1.54) is 10.4 Å². The SMILES string of the molecule is c1ccc(C2COCCN2Cc2cnc(N3CCOCC3)s2)cc1. The zero-order valence-electron chi connectivity index (χ0n) is 13.8. The fourth-order valence-electron chi connectivity index (χ4n) is 3.28. The van der Waals surface area contributed by atoms with Crippen molar-refractivity contribution in [2.75, 3.05) is 51.0 Å². The van der Waals surface area contributed by atoms with Crippen molar-refractivity contribution >= 4 is 16.5 Å². The van der Waals surface area contributed by atoms with Crippen LogP contribution in [0, 0.1) is 0 Å². The average Bonchev–Trinajstić information content (AvgIpc) is 3.12. The van der Waals surface area contributed by atoms with Crippen LogP contribution in [0.25, 0.3) is 0 Å². The molecule has 4 rings (SSSR count). The number of hydrogen-bond donors (Lipinski definition) is 0. The zero-order chi connectivity index (χ0) is 16.2. The number of rotatable bonds is 4. The Bertz CT molecular complexity index is 643. The maximum Gasteiger partial charge on any atom is 0.185 e. The molecule has 1 aromatic heterocycles. The van der Waals surface area contributed by atoms with Gasteiger partial charge in [0.05, 0.1) is 32.5 Å². The van der Waals surface area contributed by atoms with Gasteiger partial charge in [-0.3, -0.25) is 4.90 Å². The summed E-state index contributed by atoms with van der Waals surface area (Å²) in [7, 11) is 0. The molecule has 5 nitrogen and oxygen atoms in total. The van der Waals surface area contributed by atoms with Crippen LogP contribution in [0.3, 0.4) is 0 Å². The first kappa shape index (κ1) is 16.0. The number of hydrogen-bond acceptors (Lipinski definition) is 6. The highest BCUT2D eigenvalue weighted by Crippen LogP contribution is 2.29. The molecule has 0 amide bonds. The highest BCUT2D eigenvalue weighted by atomic mass is 32.1. The van der Waals surface area contributed by atoms with Crippen molar-refractivity contribution in [1.82, 2.24) is 9.88 Å². The van der Waals surface area contributed by atoms with Crippen LogP contribution in [0.5, 0.6) is 0 Å². The Morgan fingerprint density at radius 2 is 1.83 bits per heavy atom. The van der Waals surface area contributed by atoms with Gasteiger partial charge in [-0.15, -0.1) is 11.3 Å². The smallest absolute Gasteiger partial charge is 0.185 e. The Kier molecular flexibility index (Phi) is 5.08. The molecule has 128 valence electrons. The second kappa shape index (κ2) is 7.61. The Morgan fingerprint density at radius 1 is 1.04 bits per heavy atom. The monoisotopic (exact) mass is 345 g/mol. The molecule has 3 heterocycles. The molecule has 0 aliphatic carbocycles. The van der Waals surface area contributed by atoms with Crippen LogP contribution in [-0.2, 0) is 16.0 Å². The Balaban J connectivity index is 1.46. The number of aromatic nitrogens is 1. The van der Waals surface area contributed by atoms with Crippen molar-refractivity contribution in [3.05, 3.63) is 47.0 Å². The number of nitrogens with zero attached hydrogens (tertiary/aromatic N) is 3. The summed E-state index contributed by atoms with van der Waals surface area (Å²) >= 11 is 1.81. The minimum absolute atomic E-state index is 0.328. The van der Waals surface area contributed by atoms with Gasteiger partial charge in [-0.25, -0.2) is 4.98 Å². The molecule has 2 saturated heterocycles. The fraction of sp³-hybridized carbons (Fsp3) is 0.500. The van der Waals surface area contributed by atoms with Gasteiger partial charge in [0.2, 0.25) is 0 Å². The number of morpholine rings is 2. The largest absolute Gasteiger partial charge is 0.378 e. The average molecular weight is 345 g/mol. The highest BCUT2D eigenvalue weighted by Gasteiger charge is 2.25. The summed E-state index contributed by atoms with van der Waals surface area (Å²) in [6.45, 7) is 6.95. The van der Waals surface area contributed by atoms with E-state index in [9.17, 15) is 0 Å². The van der Waals surface area contributed by atoms with E-state index in [2.05, 4.69) is 45.1 Å². The summed E-state index contributed by atoms with van der Waals surface area (Å²) in [6, 6.07) is 11.0. The third kappa shape index (κ3) is 3.62. The van der Waals surface area contributed by atoms with Crippen LogP contribution in [0.4, 0.5) is 5.13 Å². The lowest BCUT2D eigenvalue weighted by Gasteiger charge is -2.35. The van der Waals surface area contributed by atoms with E-state index in [-0.39, 0.29) is 0 Å². The van der Waals surface area contributed by atoms with E-state index in [1.807, 2.05) is 17.5 Å². The minimum atomic E-state index is 0.328. The first-order chi connectivity index (χ1) is 11.9. The standard InChI is InChI=1S/C18H23N3O2S/c1-2-4-15(5-3-1)17-14-23-11-8-21(17)13-16-12-19-18(24-16)20-6-9-22-10-7-20/h1-5,12,17H,6-11,13-14H2. The van der Waals surface area contributed by atoms with Gasteiger partial charge in [0.15, 0.2) is 5.13 Å². The van der Waals surface area contributed by atoms with Crippen LogP contribution >= 0.6 is 11.3 Å². The second-order valence-electron chi connectivity index (χ2n) is 6.18. The van der Waals surface area contributed by atoms with E-state index in [0.717, 1.165) is 57.7 Å². The lowest BCUT2D eigenvalue weighted by molar-refractivity contribution is -0.0122. The topological polar surface area (TPSA) is 37.8 Å². The summed E-state index contributed by atoms with van der Waals surface area (Å²) < 4.78 is 11.2. The van der Waals surface area contributed by atoms with E-state index in [0.29, 0.717) is 6.04 Å². The Morgan fingerprint density at radius 3 is 2.67 bits per heavy atom. The molecule has 0 spiro atoms. The highest BCUT2D eigenvalue weighted by molar-refractivity contribution is 7.15. The van der Waals surface area contributed by atoms with Gasteiger partial charge in [0, 0.05) is 37.3 Å². The normalized spacial score (nSPS) is 22.7. The fourth-order valence-corrected chi connectivity index (χ4v) is 4.27. The molecule has 1 unspecified atom stereocenters. The van der Waals surface area contributed by atoms with E-state index in [4.69, 9.17) is 9.47 Å². The van der Waals surface area contributed by atoms with Crippen molar-refractivity contribution in [3.63, 3.8) is 0 Å². The van der Waals surface area contributed by atoms with Crippen molar-refractivity contribution in [2.45, 2.75) is 12.6 Å². The van der Waals surface area contributed by atoms with Gasteiger partial charge in [0.25, 0.3) is 0 Å². The molecule has 1 aromatic carbocycles. The molecule has 0 radical (unpaired) electrons. The lowest BCUT2D eigenvalue weighted by atomic mass is 10.1. The van der Waals surface area contributed by atoms with E-state index < -0.39 is 0 Å². The van der Waals surface area contributed by atoms with Gasteiger partial charge in [-0.1, -0.05) is 30.3 Å². The maximum atomic E-state index is 5.73. The summed E-state index contributed by atoms with van der Waals surface area (Å²) in [5.41, 5.74) is 1.33. The number of thiazole rings is 1. The quantitative estimate of drug-likeness (QED) is 0.851. The summed E-state index contributed by atoms with van der Waals surface area (Å²) in [4.78, 5) is 10.8. The van der Waals surface area contributed by atoms with Crippen molar-refractivity contribution < 1.29 is 9.47 Å². The van der Waals surface area contributed by atoms with Crippen LogP contribution in [-0.4, -0.2) is 55.9 Å². The molecule has 0 N–H and O–H groups in total. The zero-order valence-corrected chi connectivity index (χ0v) is 14.6. The Hall–Kier alpha value is -1.47. The summed E-state index contributed by atoms with van der Waals surface area (Å²) in [6.07, 6.45) is 2.03. The summed E-state index contributed by atoms with van der Waals surface area (Å²) in [5, 5.41) is 1.12. The molecule has 2 aliphatic heterocycles. The van der Waals surface area contributed by atoms with Gasteiger partial charge >= 0.3 is 0 Å². The molecule has 6 heteroatoms. The van der Waals surface area contributed by atoms with Crippen molar-refractivity contribution in [3.8, 4) is 0 Å². The molecule has 0 bridgehead atoms. The van der Waals surface area contributed by atoms with Gasteiger partial charge in [-0.05, 0) is 5.56 Å². The van der Waals surface area contributed by atoms with E-state index in [1.54, 1.807) is 0 Å². The first-order valence-electron chi connectivity index (χ1n) is 8.54. The third-order valence-electron chi connectivity index (χ3n) is 4.61. The number of anilines is 1. The minimum Gasteiger partial charge on any atom is -0.378 e. The first-order valence-corrected chi connectivity index (χ1v) is 9.36. The van der Waals surface area contributed by atoms with Crippen LogP contribution in [0.1, 0.15) is 16.5 Å². The molecular formula is C18H23N3O2S. The molecular weight excluding hydrogens is 322 g/mol. The third-order valence-corrected chi connectivity index (χ3v) is 5.65. The van der Waals surface area contributed by atoms with Gasteiger partial charge in [0.1, 0.15) is 0 Å². The molecule has 2 aromatic rings. The lowest BCUT2D eigenvalue weighted by Crippen LogP contribution is -2.38. The maximum absolute atomic E-state index is 5.73. The number of ether oxygens (including phenoxy) is 2. The van der Waals surface area contributed by atoms with Crippen molar-refractivity contribution in [2.24, 2.45) is 0 Å². The predicted molar refractivity (Wildman–Crippen MR) is 95.6 cm³/mol. The van der Waals surface area contributed by atoms with Gasteiger partial charge < -0.3 is 14.4 Å². The number of benzene rings is 1. The van der Waals surface area contributed by atoms with Crippen LogP contribution < -0.4 is 4.90 Å².